The number of hydrogen-bond acceptors (Lipinski definition) is 4. The molecule has 14 heavy (non-hydrogen) atoms. The minimum Gasteiger partial charge on any atom is -0.496 e. The molecule has 4 heteroatoms. The third-order valence-electron chi connectivity index (χ3n) is 1.93. The summed E-state index contributed by atoms with van der Waals surface area (Å²) >= 11 is 0. The van der Waals surface area contributed by atoms with Gasteiger partial charge < -0.3 is 13.9 Å². The van der Waals surface area contributed by atoms with Gasteiger partial charge in [-0.3, -0.25) is 4.79 Å². The van der Waals surface area contributed by atoms with Gasteiger partial charge in [0.1, 0.15) is 17.4 Å². The maximum atomic E-state index is 10.2. The third-order valence-corrected chi connectivity index (χ3v) is 1.93. The van der Waals surface area contributed by atoms with Crippen LogP contribution in [0.25, 0.3) is 10.8 Å². The van der Waals surface area contributed by atoms with Gasteiger partial charge in [-0.2, -0.15) is 0 Å². The van der Waals surface area contributed by atoms with Crippen LogP contribution in [0.4, 0.5) is 0 Å². The number of carbonyl (C=O) groups excluding carboxylic acids is 1. The summed E-state index contributed by atoms with van der Waals surface area (Å²) in [6, 6.07) is 5.45. The van der Waals surface area contributed by atoms with E-state index in [1.54, 1.807) is 13.2 Å². The molecular formula is C10H8O4. The van der Waals surface area contributed by atoms with Crippen molar-refractivity contribution in [1.29, 1.82) is 0 Å². The highest BCUT2D eigenvalue weighted by molar-refractivity contribution is 5.92. The zero-order valence-corrected chi connectivity index (χ0v) is 7.52. The molecule has 72 valence electrons. The van der Waals surface area contributed by atoms with Crippen LogP contribution in [0.2, 0.25) is 0 Å². The highest BCUT2D eigenvalue weighted by Gasteiger charge is 2.11. The summed E-state index contributed by atoms with van der Waals surface area (Å²) in [5.74, 6) is 0.778. The first-order chi connectivity index (χ1) is 6.86. The van der Waals surface area contributed by atoms with Gasteiger partial charge >= 0.3 is 12.4 Å². The van der Waals surface area contributed by atoms with Gasteiger partial charge in [-0.05, 0) is 6.07 Å². The predicted molar refractivity (Wildman–Crippen MR) is 49.5 cm³/mol. The molecule has 0 aliphatic carbocycles. The number of hydrogen-bond donors (Lipinski definition) is 0. The number of rotatable bonds is 3. The van der Waals surface area contributed by atoms with Gasteiger partial charge in [0.05, 0.1) is 7.11 Å². The SMILES string of the molecule is COc1cccc2coc(OC=O)c12. The van der Waals surface area contributed by atoms with Crippen molar-refractivity contribution in [2.75, 3.05) is 7.11 Å². The Balaban J connectivity index is 2.67. The van der Waals surface area contributed by atoms with Crippen molar-refractivity contribution in [2.24, 2.45) is 0 Å². The zero-order chi connectivity index (χ0) is 9.97. The molecule has 2 aromatic rings. The molecule has 0 unspecified atom stereocenters. The van der Waals surface area contributed by atoms with Crippen LogP contribution in [0.5, 0.6) is 11.7 Å². The molecule has 0 spiro atoms. The molecule has 0 fully saturated rings. The largest absolute Gasteiger partial charge is 0.496 e. The van der Waals surface area contributed by atoms with Crippen LogP contribution < -0.4 is 9.47 Å². The molecule has 0 amide bonds. The minimum absolute atomic E-state index is 0.160. The summed E-state index contributed by atoms with van der Waals surface area (Å²) < 4.78 is 14.9. The molecule has 0 N–H and O–H groups in total. The summed E-state index contributed by atoms with van der Waals surface area (Å²) in [5, 5.41) is 1.50. The molecule has 0 radical (unpaired) electrons. The second kappa shape index (κ2) is 3.41. The summed E-state index contributed by atoms with van der Waals surface area (Å²) in [7, 11) is 1.55. The Hall–Kier alpha value is -1.97. The van der Waals surface area contributed by atoms with Crippen molar-refractivity contribution < 1.29 is 18.7 Å². The lowest BCUT2D eigenvalue weighted by Crippen LogP contribution is -1.88. The molecule has 2 rings (SSSR count). The van der Waals surface area contributed by atoms with E-state index in [4.69, 9.17) is 9.15 Å². The van der Waals surface area contributed by atoms with Crippen molar-refractivity contribution in [3.63, 3.8) is 0 Å². The Morgan fingerprint density at radius 2 is 2.29 bits per heavy atom. The average Bonchev–Trinajstić information content (AvgIpc) is 2.62. The summed E-state index contributed by atoms with van der Waals surface area (Å²) in [6.45, 7) is 0.324. The molecule has 0 bridgehead atoms. The van der Waals surface area contributed by atoms with Crippen molar-refractivity contribution in [3.8, 4) is 11.7 Å². The second-order valence-electron chi connectivity index (χ2n) is 2.66. The van der Waals surface area contributed by atoms with Crippen LogP contribution in [-0.2, 0) is 4.79 Å². The molecule has 0 saturated carbocycles. The first kappa shape index (κ1) is 8.62. The quantitative estimate of drug-likeness (QED) is 0.697. The van der Waals surface area contributed by atoms with Crippen molar-refractivity contribution in [3.05, 3.63) is 24.5 Å². The Labute approximate surface area is 80.0 Å². The number of carbonyl (C=O) groups is 1. The lowest BCUT2D eigenvalue weighted by Gasteiger charge is -2.00. The van der Waals surface area contributed by atoms with E-state index < -0.39 is 0 Å². The summed E-state index contributed by atoms with van der Waals surface area (Å²) in [4.78, 5) is 10.2. The van der Waals surface area contributed by atoms with E-state index in [1.165, 1.54) is 6.26 Å². The monoisotopic (exact) mass is 192 g/mol. The second-order valence-corrected chi connectivity index (χ2v) is 2.66. The van der Waals surface area contributed by atoms with Crippen LogP contribution in [-0.4, -0.2) is 13.6 Å². The van der Waals surface area contributed by atoms with Crippen LogP contribution in [0.1, 0.15) is 0 Å². The van der Waals surface area contributed by atoms with E-state index in [9.17, 15) is 4.79 Å². The highest BCUT2D eigenvalue weighted by Crippen LogP contribution is 2.35. The molecule has 0 aliphatic heterocycles. The molecule has 1 heterocycles. The fourth-order valence-corrected chi connectivity index (χ4v) is 1.34. The van der Waals surface area contributed by atoms with Crippen molar-refractivity contribution >= 4 is 17.2 Å². The predicted octanol–water partition coefficient (Wildman–Crippen LogP) is 1.98. The maximum Gasteiger partial charge on any atom is 0.303 e. The summed E-state index contributed by atoms with van der Waals surface area (Å²) in [5.41, 5.74) is 0. The van der Waals surface area contributed by atoms with Gasteiger partial charge in [0, 0.05) is 5.39 Å². The van der Waals surface area contributed by atoms with Crippen LogP contribution >= 0.6 is 0 Å². The topological polar surface area (TPSA) is 48.7 Å². The molecule has 0 saturated heterocycles. The molecule has 1 aromatic carbocycles. The zero-order valence-electron chi connectivity index (χ0n) is 7.52. The van der Waals surface area contributed by atoms with Crippen molar-refractivity contribution in [1.82, 2.24) is 0 Å². The lowest BCUT2D eigenvalue weighted by molar-refractivity contribution is -0.121. The lowest BCUT2D eigenvalue weighted by atomic mass is 10.2. The normalized spacial score (nSPS) is 10.1. The van der Waals surface area contributed by atoms with Gasteiger partial charge in [-0.1, -0.05) is 12.1 Å². The van der Waals surface area contributed by atoms with Crippen LogP contribution in [0.15, 0.2) is 28.9 Å². The number of benzene rings is 1. The van der Waals surface area contributed by atoms with E-state index in [2.05, 4.69) is 4.74 Å². The third kappa shape index (κ3) is 1.21. The molecule has 0 atom stereocenters. The minimum atomic E-state index is 0.160. The number of fused-ring (bicyclic) bond motifs is 1. The van der Waals surface area contributed by atoms with Gasteiger partial charge in [-0.25, -0.2) is 0 Å². The fraction of sp³-hybridized carbons (Fsp3) is 0.100. The van der Waals surface area contributed by atoms with Crippen LogP contribution in [0.3, 0.4) is 0 Å². The number of furan rings is 1. The van der Waals surface area contributed by atoms with E-state index >= 15 is 0 Å². The highest BCUT2D eigenvalue weighted by atomic mass is 16.6. The average molecular weight is 192 g/mol. The Morgan fingerprint density at radius 1 is 1.43 bits per heavy atom. The van der Waals surface area contributed by atoms with Crippen molar-refractivity contribution in [2.45, 2.75) is 0 Å². The maximum absolute atomic E-state index is 10.2. The van der Waals surface area contributed by atoms with Crippen LogP contribution in [0, 0.1) is 0 Å². The van der Waals surface area contributed by atoms with Gasteiger partial charge in [-0.15, -0.1) is 0 Å². The first-order valence-corrected chi connectivity index (χ1v) is 4.01. The number of methoxy groups -OCH3 is 1. The molecular weight excluding hydrogens is 184 g/mol. The van der Waals surface area contributed by atoms with Gasteiger partial charge in [0.2, 0.25) is 0 Å². The van der Waals surface area contributed by atoms with Gasteiger partial charge in [0.15, 0.2) is 0 Å². The van der Waals surface area contributed by atoms with E-state index in [-0.39, 0.29) is 5.95 Å². The molecule has 1 aromatic heterocycles. The van der Waals surface area contributed by atoms with E-state index in [1.807, 2.05) is 12.1 Å². The smallest absolute Gasteiger partial charge is 0.303 e. The fourth-order valence-electron chi connectivity index (χ4n) is 1.34. The molecule has 0 aliphatic rings. The first-order valence-electron chi connectivity index (χ1n) is 4.01. The Kier molecular flexibility index (Phi) is 2.10. The van der Waals surface area contributed by atoms with Gasteiger partial charge in [0.25, 0.3) is 0 Å². The summed E-state index contributed by atoms with van der Waals surface area (Å²) in [6.07, 6.45) is 1.51. The molecule has 4 nitrogen and oxygen atoms in total. The Morgan fingerprint density at radius 3 is 3.00 bits per heavy atom. The number of ether oxygens (including phenoxy) is 2. The standard InChI is InChI=1S/C10H8O4/c1-12-8-4-2-3-7-5-13-10(9(7)8)14-6-11/h2-6H,1H3. The van der Waals surface area contributed by atoms with E-state index in [0.717, 1.165) is 5.39 Å². The Bertz CT molecular complexity index is 458. The van der Waals surface area contributed by atoms with E-state index in [0.29, 0.717) is 17.6 Å².